The van der Waals surface area contributed by atoms with Crippen molar-refractivity contribution in [1.29, 1.82) is 0 Å². The zero-order chi connectivity index (χ0) is 14.5. The Balaban J connectivity index is 2.11. The maximum Gasteiger partial charge on any atom is 0.304 e. The van der Waals surface area contributed by atoms with E-state index >= 15 is 0 Å². The van der Waals surface area contributed by atoms with Crippen LogP contribution in [0.25, 0.3) is 0 Å². The smallest absolute Gasteiger partial charge is 0.304 e. The molecule has 2 atom stereocenters. The Morgan fingerprint density at radius 1 is 1.35 bits per heavy atom. The van der Waals surface area contributed by atoms with Gasteiger partial charge in [0.05, 0.1) is 6.42 Å². The van der Waals surface area contributed by atoms with Crippen LogP contribution in [-0.2, 0) is 11.2 Å². The summed E-state index contributed by atoms with van der Waals surface area (Å²) in [5.41, 5.74) is 2.64. The summed E-state index contributed by atoms with van der Waals surface area (Å²) in [6, 6.07) is 9.23. The standard InChI is InChI=1S/C17H25NO2/c1-3-14-7-9-15(10-8-14)13(2)18-11-5-4-6-16(18)12-17(19)20/h7-10,13,16H,3-6,11-12H2,1-2H3,(H,19,20). The fourth-order valence-corrected chi connectivity index (χ4v) is 3.18. The minimum atomic E-state index is -0.685. The summed E-state index contributed by atoms with van der Waals surface area (Å²) in [6.45, 7) is 5.36. The number of nitrogens with zero attached hydrogens (tertiary/aromatic N) is 1. The molecule has 0 aliphatic carbocycles. The van der Waals surface area contributed by atoms with Gasteiger partial charge in [-0.2, -0.15) is 0 Å². The van der Waals surface area contributed by atoms with Gasteiger partial charge in [0.1, 0.15) is 0 Å². The molecule has 20 heavy (non-hydrogen) atoms. The summed E-state index contributed by atoms with van der Waals surface area (Å²) in [4.78, 5) is 13.4. The molecular weight excluding hydrogens is 250 g/mol. The third-order valence-electron chi connectivity index (χ3n) is 4.45. The van der Waals surface area contributed by atoms with Gasteiger partial charge >= 0.3 is 5.97 Å². The summed E-state index contributed by atoms with van der Waals surface area (Å²) in [5, 5.41) is 9.08. The molecule has 2 rings (SSSR count). The third-order valence-corrected chi connectivity index (χ3v) is 4.45. The molecule has 0 spiro atoms. The molecule has 3 nitrogen and oxygen atoms in total. The van der Waals surface area contributed by atoms with Gasteiger partial charge in [0, 0.05) is 12.1 Å². The number of benzene rings is 1. The second-order valence-corrected chi connectivity index (χ2v) is 5.76. The van der Waals surface area contributed by atoms with Crippen molar-refractivity contribution >= 4 is 5.97 Å². The predicted molar refractivity (Wildman–Crippen MR) is 80.8 cm³/mol. The summed E-state index contributed by atoms with van der Waals surface area (Å²) >= 11 is 0. The Labute approximate surface area is 121 Å². The lowest BCUT2D eigenvalue weighted by atomic mass is 9.94. The first-order valence-electron chi connectivity index (χ1n) is 7.68. The second-order valence-electron chi connectivity index (χ2n) is 5.76. The highest BCUT2D eigenvalue weighted by Gasteiger charge is 2.28. The summed E-state index contributed by atoms with van der Waals surface area (Å²) in [7, 11) is 0. The largest absolute Gasteiger partial charge is 0.481 e. The zero-order valence-electron chi connectivity index (χ0n) is 12.5. The molecule has 1 aromatic rings. The van der Waals surface area contributed by atoms with Crippen molar-refractivity contribution in [3.63, 3.8) is 0 Å². The van der Waals surface area contributed by atoms with Gasteiger partial charge in [0.25, 0.3) is 0 Å². The number of carbonyl (C=O) groups is 1. The zero-order valence-corrected chi connectivity index (χ0v) is 12.5. The quantitative estimate of drug-likeness (QED) is 0.892. The number of hydrogen-bond acceptors (Lipinski definition) is 2. The van der Waals surface area contributed by atoms with Crippen LogP contribution in [-0.4, -0.2) is 28.6 Å². The fraction of sp³-hybridized carbons (Fsp3) is 0.588. The highest BCUT2D eigenvalue weighted by molar-refractivity contribution is 5.67. The molecule has 1 N–H and O–H groups in total. The molecule has 0 radical (unpaired) electrons. The number of aryl methyl sites for hydroxylation is 1. The summed E-state index contributed by atoms with van der Waals surface area (Å²) < 4.78 is 0. The molecule has 1 aliphatic rings. The highest BCUT2D eigenvalue weighted by Crippen LogP contribution is 2.30. The molecule has 0 saturated carbocycles. The van der Waals surface area contributed by atoms with E-state index in [1.54, 1.807) is 0 Å². The van der Waals surface area contributed by atoms with Crippen LogP contribution in [0.3, 0.4) is 0 Å². The van der Waals surface area contributed by atoms with Crippen LogP contribution in [0.2, 0.25) is 0 Å². The van der Waals surface area contributed by atoms with Crippen molar-refractivity contribution in [2.24, 2.45) is 0 Å². The number of hydrogen-bond donors (Lipinski definition) is 1. The van der Waals surface area contributed by atoms with E-state index in [2.05, 4.69) is 43.0 Å². The van der Waals surface area contributed by atoms with Crippen LogP contribution in [0.4, 0.5) is 0 Å². The molecule has 1 heterocycles. The number of likely N-dealkylation sites (tertiary alicyclic amines) is 1. The van der Waals surface area contributed by atoms with Gasteiger partial charge in [-0.05, 0) is 43.9 Å². The topological polar surface area (TPSA) is 40.5 Å². The Bertz CT molecular complexity index is 441. The Morgan fingerprint density at radius 3 is 2.65 bits per heavy atom. The number of aliphatic carboxylic acids is 1. The lowest BCUT2D eigenvalue weighted by molar-refractivity contribution is -0.139. The van der Waals surface area contributed by atoms with E-state index in [9.17, 15) is 4.79 Å². The molecule has 110 valence electrons. The summed E-state index contributed by atoms with van der Waals surface area (Å²) in [5.74, 6) is -0.685. The molecule has 3 heteroatoms. The molecule has 1 aliphatic heterocycles. The number of carboxylic acid groups (broad SMARTS) is 1. The Kier molecular flexibility index (Phi) is 5.18. The molecule has 2 unspecified atom stereocenters. The van der Waals surface area contributed by atoms with Crippen molar-refractivity contribution in [3.05, 3.63) is 35.4 Å². The van der Waals surface area contributed by atoms with Gasteiger partial charge in [-0.25, -0.2) is 0 Å². The number of carboxylic acids is 1. The molecule has 1 fully saturated rings. The van der Waals surface area contributed by atoms with E-state index in [0.29, 0.717) is 6.04 Å². The molecule has 0 aromatic heterocycles. The summed E-state index contributed by atoms with van der Waals surface area (Å²) in [6.07, 6.45) is 4.64. The van der Waals surface area contributed by atoms with E-state index < -0.39 is 5.97 Å². The van der Waals surface area contributed by atoms with Gasteiger partial charge in [-0.15, -0.1) is 0 Å². The third kappa shape index (κ3) is 3.60. The van der Waals surface area contributed by atoms with Gasteiger partial charge < -0.3 is 5.11 Å². The number of rotatable bonds is 5. The molecule has 1 saturated heterocycles. The van der Waals surface area contributed by atoms with Crippen LogP contribution >= 0.6 is 0 Å². The molecule has 1 aromatic carbocycles. The van der Waals surface area contributed by atoms with E-state index in [1.165, 1.54) is 17.5 Å². The van der Waals surface area contributed by atoms with Crippen LogP contribution in [0.15, 0.2) is 24.3 Å². The SMILES string of the molecule is CCc1ccc(C(C)N2CCCCC2CC(=O)O)cc1. The van der Waals surface area contributed by atoms with E-state index in [0.717, 1.165) is 25.8 Å². The van der Waals surface area contributed by atoms with Crippen molar-refractivity contribution in [1.82, 2.24) is 4.90 Å². The first-order valence-corrected chi connectivity index (χ1v) is 7.68. The lowest BCUT2D eigenvalue weighted by Crippen LogP contribution is -2.42. The lowest BCUT2D eigenvalue weighted by Gasteiger charge is -2.39. The van der Waals surface area contributed by atoms with Gasteiger partial charge in [0.2, 0.25) is 0 Å². The molecule has 0 bridgehead atoms. The van der Waals surface area contributed by atoms with Gasteiger partial charge in [-0.1, -0.05) is 37.6 Å². The maximum absolute atomic E-state index is 11.0. The Hall–Kier alpha value is -1.35. The van der Waals surface area contributed by atoms with Gasteiger partial charge in [-0.3, -0.25) is 9.69 Å². The normalized spacial score (nSPS) is 21.6. The van der Waals surface area contributed by atoms with Crippen molar-refractivity contribution in [3.8, 4) is 0 Å². The fourth-order valence-electron chi connectivity index (χ4n) is 3.18. The monoisotopic (exact) mass is 275 g/mol. The first-order chi connectivity index (χ1) is 9.61. The van der Waals surface area contributed by atoms with Crippen LogP contribution < -0.4 is 0 Å². The molecular formula is C17H25NO2. The van der Waals surface area contributed by atoms with Crippen LogP contribution in [0, 0.1) is 0 Å². The van der Waals surface area contributed by atoms with Gasteiger partial charge in [0.15, 0.2) is 0 Å². The van der Waals surface area contributed by atoms with E-state index in [1.807, 2.05) is 0 Å². The number of piperidine rings is 1. The second kappa shape index (κ2) is 6.89. The van der Waals surface area contributed by atoms with E-state index in [-0.39, 0.29) is 12.5 Å². The van der Waals surface area contributed by atoms with E-state index in [4.69, 9.17) is 5.11 Å². The minimum absolute atomic E-state index is 0.183. The van der Waals surface area contributed by atoms with Crippen molar-refractivity contribution < 1.29 is 9.90 Å². The van der Waals surface area contributed by atoms with Crippen molar-refractivity contribution in [2.45, 2.75) is 58.0 Å². The predicted octanol–water partition coefficient (Wildman–Crippen LogP) is 3.64. The first kappa shape index (κ1) is 15.0. The molecule has 0 amide bonds. The highest BCUT2D eigenvalue weighted by atomic mass is 16.4. The Morgan fingerprint density at radius 2 is 2.05 bits per heavy atom. The average molecular weight is 275 g/mol. The van der Waals surface area contributed by atoms with Crippen molar-refractivity contribution in [2.75, 3.05) is 6.54 Å². The maximum atomic E-state index is 11.0. The average Bonchev–Trinajstić information content (AvgIpc) is 2.46. The minimum Gasteiger partial charge on any atom is -0.481 e. The van der Waals surface area contributed by atoms with Crippen LogP contribution in [0.5, 0.6) is 0 Å². The van der Waals surface area contributed by atoms with Crippen LogP contribution in [0.1, 0.15) is 56.7 Å².